The molecule has 6 nitrogen and oxygen atoms in total. The number of hydrogen-bond acceptors (Lipinski definition) is 6. The van der Waals surface area contributed by atoms with Gasteiger partial charge in [0.05, 0.1) is 19.3 Å². The van der Waals surface area contributed by atoms with Crippen LogP contribution in [0.25, 0.3) is 11.0 Å². The van der Waals surface area contributed by atoms with Crippen LogP contribution in [0.2, 0.25) is 0 Å². The Hall–Kier alpha value is -3.28. The molecule has 0 amide bonds. The van der Waals surface area contributed by atoms with E-state index in [2.05, 4.69) is 0 Å². The van der Waals surface area contributed by atoms with E-state index in [1.165, 1.54) is 0 Å². The zero-order chi connectivity index (χ0) is 19.9. The Balaban J connectivity index is 1.65. The lowest BCUT2D eigenvalue weighted by Crippen LogP contribution is -2.10. The zero-order valence-electron chi connectivity index (χ0n) is 15.9. The van der Waals surface area contributed by atoms with Crippen LogP contribution in [0.3, 0.4) is 0 Å². The van der Waals surface area contributed by atoms with Gasteiger partial charge in [-0.25, -0.2) is 4.79 Å². The van der Waals surface area contributed by atoms with Gasteiger partial charge in [-0.3, -0.25) is 4.79 Å². The van der Waals surface area contributed by atoms with Crippen LogP contribution in [-0.2, 0) is 27.3 Å². The zero-order valence-corrected chi connectivity index (χ0v) is 15.9. The third-order valence-electron chi connectivity index (χ3n) is 4.31. The molecule has 0 spiro atoms. The van der Waals surface area contributed by atoms with Crippen LogP contribution in [0.15, 0.2) is 52.9 Å². The molecule has 0 radical (unpaired) electrons. The van der Waals surface area contributed by atoms with Crippen LogP contribution in [0, 0.1) is 0 Å². The Morgan fingerprint density at radius 1 is 1.00 bits per heavy atom. The molecule has 0 bridgehead atoms. The van der Waals surface area contributed by atoms with E-state index in [9.17, 15) is 9.59 Å². The van der Waals surface area contributed by atoms with Gasteiger partial charge in [0.2, 0.25) is 5.76 Å². The van der Waals surface area contributed by atoms with Gasteiger partial charge < -0.3 is 18.6 Å². The minimum atomic E-state index is -0.567. The predicted octanol–water partition coefficient (Wildman–Crippen LogP) is 4.29. The third-order valence-corrected chi connectivity index (χ3v) is 4.31. The van der Waals surface area contributed by atoms with Crippen LogP contribution in [0.4, 0.5) is 0 Å². The Morgan fingerprint density at radius 3 is 2.46 bits per heavy atom. The molecule has 0 atom stereocenters. The van der Waals surface area contributed by atoms with E-state index in [1.807, 2.05) is 42.5 Å². The van der Waals surface area contributed by atoms with Gasteiger partial charge in [0, 0.05) is 11.8 Å². The van der Waals surface area contributed by atoms with E-state index in [1.54, 1.807) is 20.1 Å². The minimum absolute atomic E-state index is 0.0490. The van der Waals surface area contributed by atoms with E-state index < -0.39 is 5.97 Å². The topological polar surface area (TPSA) is 75.0 Å². The van der Waals surface area contributed by atoms with Crippen molar-refractivity contribution < 1.29 is 28.2 Å². The first-order valence-electron chi connectivity index (χ1n) is 9.08. The lowest BCUT2D eigenvalue weighted by molar-refractivity contribution is -0.144. The van der Waals surface area contributed by atoms with Crippen LogP contribution in [0.1, 0.15) is 35.0 Å². The number of furan rings is 1. The van der Waals surface area contributed by atoms with Gasteiger partial charge in [0.25, 0.3) is 0 Å². The first-order valence-corrected chi connectivity index (χ1v) is 9.08. The maximum atomic E-state index is 12.2. The summed E-state index contributed by atoms with van der Waals surface area (Å²) in [7, 11) is 1.61. The molecule has 28 heavy (non-hydrogen) atoms. The molecule has 2 aromatic carbocycles. The monoisotopic (exact) mass is 382 g/mol. The molecule has 1 heterocycles. The van der Waals surface area contributed by atoms with Crippen LogP contribution in [0.5, 0.6) is 5.75 Å². The summed E-state index contributed by atoms with van der Waals surface area (Å²) in [4.78, 5) is 24.4. The summed E-state index contributed by atoms with van der Waals surface area (Å²) in [5.74, 6) is -0.0745. The van der Waals surface area contributed by atoms with Gasteiger partial charge in [-0.1, -0.05) is 30.3 Å². The SMILES string of the molecule is CCOC(=O)c1oc2ccccc2c1COC(=O)CCc1ccc(OC)cc1. The summed E-state index contributed by atoms with van der Waals surface area (Å²) in [5.41, 5.74) is 2.08. The Labute approximate surface area is 163 Å². The highest BCUT2D eigenvalue weighted by Gasteiger charge is 2.22. The lowest BCUT2D eigenvalue weighted by Gasteiger charge is -2.06. The van der Waals surface area contributed by atoms with E-state index in [0.29, 0.717) is 17.6 Å². The van der Waals surface area contributed by atoms with Crippen molar-refractivity contribution in [2.45, 2.75) is 26.4 Å². The molecule has 0 aliphatic heterocycles. The normalized spacial score (nSPS) is 10.6. The lowest BCUT2D eigenvalue weighted by atomic mass is 10.1. The van der Waals surface area contributed by atoms with Gasteiger partial charge in [0.1, 0.15) is 17.9 Å². The van der Waals surface area contributed by atoms with Gasteiger partial charge in [-0.05, 0) is 37.1 Å². The molecule has 0 saturated carbocycles. The Bertz CT molecular complexity index is 955. The number of aryl methyl sites for hydroxylation is 1. The number of rotatable bonds is 8. The highest BCUT2D eigenvalue weighted by atomic mass is 16.5. The number of ether oxygens (including phenoxy) is 3. The quantitative estimate of drug-likeness (QED) is 0.541. The number of fused-ring (bicyclic) bond motifs is 1. The first-order chi connectivity index (χ1) is 13.6. The third kappa shape index (κ3) is 4.52. The standard InChI is InChI=1S/C22H22O6/c1-3-26-22(24)21-18(17-6-4-5-7-19(17)28-21)14-27-20(23)13-10-15-8-11-16(25-2)12-9-15/h4-9,11-12H,3,10,13-14H2,1-2H3. The summed E-state index contributed by atoms with van der Waals surface area (Å²) in [6.45, 7) is 1.91. The molecule has 3 rings (SSSR count). The van der Waals surface area contributed by atoms with Crippen molar-refractivity contribution >= 4 is 22.9 Å². The molecule has 146 valence electrons. The fraction of sp³-hybridized carbons (Fsp3) is 0.273. The van der Waals surface area contributed by atoms with Gasteiger partial charge >= 0.3 is 11.9 Å². The van der Waals surface area contributed by atoms with Crippen molar-refractivity contribution in [3.05, 3.63) is 65.4 Å². The second-order valence-electron chi connectivity index (χ2n) is 6.14. The van der Waals surface area contributed by atoms with Crippen molar-refractivity contribution in [3.63, 3.8) is 0 Å². The molecule has 0 aliphatic carbocycles. The summed E-state index contributed by atoms with van der Waals surface area (Å²) in [5, 5.41) is 0.730. The van der Waals surface area contributed by atoms with E-state index in [-0.39, 0.29) is 31.4 Å². The highest BCUT2D eigenvalue weighted by molar-refractivity contribution is 5.96. The van der Waals surface area contributed by atoms with E-state index >= 15 is 0 Å². The number of carbonyl (C=O) groups is 2. The van der Waals surface area contributed by atoms with E-state index in [0.717, 1.165) is 16.7 Å². The second-order valence-corrected chi connectivity index (χ2v) is 6.14. The van der Waals surface area contributed by atoms with Gasteiger partial charge in [-0.2, -0.15) is 0 Å². The fourth-order valence-electron chi connectivity index (χ4n) is 2.87. The van der Waals surface area contributed by atoms with Crippen molar-refractivity contribution in [2.24, 2.45) is 0 Å². The second kappa shape index (κ2) is 9.08. The molecule has 0 aliphatic rings. The molecule has 0 saturated heterocycles. The van der Waals surface area contributed by atoms with Gasteiger partial charge in [0.15, 0.2) is 0 Å². The largest absolute Gasteiger partial charge is 0.497 e. The van der Waals surface area contributed by atoms with Crippen molar-refractivity contribution in [2.75, 3.05) is 13.7 Å². The average Bonchev–Trinajstić information content (AvgIpc) is 3.10. The predicted molar refractivity (Wildman–Crippen MR) is 103 cm³/mol. The number of carbonyl (C=O) groups excluding carboxylic acids is 2. The minimum Gasteiger partial charge on any atom is -0.497 e. The molecule has 3 aromatic rings. The molecule has 1 aromatic heterocycles. The van der Waals surface area contributed by atoms with E-state index in [4.69, 9.17) is 18.6 Å². The maximum Gasteiger partial charge on any atom is 0.374 e. The van der Waals surface area contributed by atoms with Gasteiger partial charge in [-0.15, -0.1) is 0 Å². The fourth-order valence-corrected chi connectivity index (χ4v) is 2.87. The maximum absolute atomic E-state index is 12.2. The van der Waals surface area contributed by atoms with Crippen molar-refractivity contribution in [3.8, 4) is 5.75 Å². The molecule has 0 N–H and O–H groups in total. The summed E-state index contributed by atoms with van der Waals surface area (Å²) >= 11 is 0. The molecule has 0 fully saturated rings. The summed E-state index contributed by atoms with van der Waals surface area (Å²) in [6.07, 6.45) is 0.788. The molecule has 6 heteroatoms. The molecular formula is C22H22O6. The summed E-state index contributed by atoms with van der Waals surface area (Å²) in [6, 6.07) is 14.7. The number of para-hydroxylation sites is 1. The number of methoxy groups -OCH3 is 1. The average molecular weight is 382 g/mol. The van der Waals surface area contributed by atoms with Crippen LogP contribution >= 0.6 is 0 Å². The smallest absolute Gasteiger partial charge is 0.374 e. The Kier molecular flexibility index (Phi) is 6.32. The van der Waals surface area contributed by atoms with Crippen LogP contribution < -0.4 is 4.74 Å². The molecule has 0 unspecified atom stereocenters. The first kappa shape index (κ1) is 19.5. The van der Waals surface area contributed by atoms with Crippen LogP contribution in [-0.4, -0.2) is 25.7 Å². The highest BCUT2D eigenvalue weighted by Crippen LogP contribution is 2.27. The van der Waals surface area contributed by atoms with Crippen molar-refractivity contribution in [1.29, 1.82) is 0 Å². The summed E-state index contributed by atoms with van der Waals surface area (Å²) < 4.78 is 21.2. The van der Waals surface area contributed by atoms with Crippen molar-refractivity contribution in [1.82, 2.24) is 0 Å². The molecular weight excluding hydrogens is 360 g/mol. The number of benzene rings is 2. The number of hydrogen-bond donors (Lipinski definition) is 0. The Morgan fingerprint density at radius 2 is 1.75 bits per heavy atom. The number of esters is 2.